The summed E-state index contributed by atoms with van der Waals surface area (Å²) in [4.78, 5) is 31.5. The van der Waals surface area contributed by atoms with Crippen LogP contribution in [0.4, 0.5) is 5.69 Å². The van der Waals surface area contributed by atoms with Crippen LogP contribution in [0.5, 0.6) is 0 Å². The summed E-state index contributed by atoms with van der Waals surface area (Å²) in [5, 5.41) is 9.28. The maximum absolute atomic E-state index is 12.4. The number of hydrogen-bond acceptors (Lipinski definition) is 3. The summed E-state index contributed by atoms with van der Waals surface area (Å²) >= 11 is 0. The summed E-state index contributed by atoms with van der Waals surface area (Å²) < 4.78 is 0. The van der Waals surface area contributed by atoms with Crippen molar-refractivity contribution >= 4 is 17.6 Å². The number of aromatic amines is 1. The lowest BCUT2D eigenvalue weighted by atomic mass is 10.1. The van der Waals surface area contributed by atoms with Gasteiger partial charge in [-0.05, 0) is 11.6 Å². The molecule has 2 N–H and O–H groups in total. The number of H-pyrrole nitrogens is 1. The van der Waals surface area contributed by atoms with Crippen LogP contribution < -0.4 is 4.90 Å². The lowest BCUT2D eigenvalue weighted by molar-refractivity contribution is -0.138. The van der Waals surface area contributed by atoms with Crippen LogP contribution in [0.25, 0.3) is 0 Å². The monoisotopic (exact) mass is 257 g/mol. The lowest BCUT2D eigenvalue weighted by Crippen LogP contribution is -2.43. The Labute approximate surface area is 108 Å². The summed E-state index contributed by atoms with van der Waals surface area (Å²) in [6.07, 6.45) is 3.11. The minimum absolute atomic E-state index is 0.281. The average molecular weight is 257 g/mol. The van der Waals surface area contributed by atoms with E-state index in [4.69, 9.17) is 0 Å². The fourth-order valence-corrected chi connectivity index (χ4v) is 2.34. The average Bonchev–Trinajstić information content (AvgIpc) is 3.05. The second-order valence-corrected chi connectivity index (χ2v) is 4.33. The van der Waals surface area contributed by atoms with Crippen molar-refractivity contribution in [3.8, 4) is 0 Å². The molecule has 2 heterocycles. The van der Waals surface area contributed by atoms with Gasteiger partial charge in [0.2, 0.25) is 0 Å². The Morgan fingerprint density at radius 1 is 1.37 bits per heavy atom. The van der Waals surface area contributed by atoms with Crippen molar-refractivity contribution in [2.75, 3.05) is 4.90 Å². The molecule has 1 aromatic heterocycles. The first-order valence-electron chi connectivity index (χ1n) is 5.81. The number of aromatic nitrogens is 2. The molecule has 0 radical (unpaired) electrons. The first-order chi connectivity index (χ1) is 9.18. The number of anilines is 1. The Kier molecular flexibility index (Phi) is 2.56. The van der Waals surface area contributed by atoms with Gasteiger partial charge in [0.1, 0.15) is 11.7 Å². The molecule has 1 unspecified atom stereocenters. The van der Waals surface area contributed by atoms with Gasteiger partial charge in [0.05, 0.1) is 12.5 Å². The predicted octanol–water partition coefficient (Wildman–Crippen LogP) is 1.07. The maximum Gasteiger partial charge on any atom is 0.327 e. The summed E-state index contributed by atoms with van der Waals surface area (Å²) in [5.74, 6) is -1.39. The molecule has 0 fully saturated rings. The number of para-hydroxylation sites is 1. The number of nitrogens with zero attached hydrogens (tertiary/aromatic N) is 2. The molecule has 0 saturated carbocycles. The number of imidazole rings is 1. The number of carboxylic acid groups (broad SMARTS) is 1. The highest BCUT2D eigenvalue weighted by Gasteiger charge is 2.38. The molecule has 2 aromatic rings. The van der Waals surface area contributed by atoms with E-state index < -0.39 is 12.0 Å². The largest absolute Gasteiger partial charge is 0.480 e. The number of carbonyl (C=O) groups is 2. The van der Waals surface area contributed by atoms with E-state index in [-0.39, 0.29) is 11.6 Å². The van der Waals surface area contributed by atoms with Crippen LogP contribution in [0, 0.1) is 0 Å². The van der Waals surface area contributed by atoms with Crippen molar-refractivity contribution in [2.45, 2.75) is 12.5 Å². The van der Waals surface area contributed by atoms with Gasteiger partial charge in [-0.2, -0.15) is 0 Å². The first kappa shape index (κ1) is 11.5. The third-order valence-corrected chi connectivity index (χ3v) is 3.21. The molecule has 96 valence electrons. The van der Waals surface area contributed by atoms with E-state index in [2.05, 4.69) is 9.97 Å². The molecule has 1 aliphatic rings. The van der Waals surface area contributed by atoms with E-state index in [1.165, 1.54) is 17.4 Å². The summed E-state index contributed by atoms with van der Waals surface area (Å²) in [5.41, 5.74) is 1.79. The van der Waals surface area contributed by atoms with Crippen LogP contribution in [-0.4, -0.2) is 33.0 Å². The van der Waals surface area contributed by atoms with Crippen LogP contribution >= 0.6 is 0 Å². The number of rotatable bonds is 2. The van der Waals surface area contributed by atoms with Gasteiger partial charge in [-0.25, -0.2) is 9.78 Å². The number of amides is 1. The standard InChI is InChI=1S/C13H11N3O3/c17-12(9-6-14-7-15-9)16-10-4-2-1-3-8(10)5-11(16)13(18)19/h1-4,6-7,11H,5H2,(H,14,15)(H,18,19). The second-order valence-electron chi connectivity index (χ2n) is 4.33. The SMILES string of the molecule is O=C(O)C1Cc2ccccc2N1C(=O)c1cnc[nH]1. The maximum atomic E-state index is 12.4. The minimum Gasteiger partial charge on any atom is -0.480 e. The van der Waals surface area contributed by atoms with Crippen molar-refractivity contribution in [3.05, 3.63) is 48.0 Å². The van der Waals surface area contributed by atoms with Gasteiger partial charge in [0.25, 0.3) is 5.91 Å². The van der Waals surface area contributed by atoms with Crippen LogP contribution in [0.1, 0.15) is 16.1 Å². The van der Waals surface area contributed by atoms with Crippen LogP contribution in [-0.2, 0) is 11.2 Å². The molecule has 6 nitrogen and oxygen atoms in total. The molecule has 6 heteroatoms. The van der Waals surface area contributed by atoms with Gasteiger partial charge in [-0.15, -0.1) is 0 Å². The van der Waals surface area contributed by atoms with Crippen molar-refractivity contribution < 1.29 is 14.7 Å². The second kappa shape index (κ2) is 4.24. The Balaban J connectivity index is 2.05. The third kappa shape index (κ3) is 1.77. The van der Waals surface area contributed by atoms with Gasteiger partial charge in [0, 0.05) is 12.1 Å². The molecular weight excluding hydrogens is 246 g/mol. The predicted molar refractivity (Wildman–Crippen MR) is 67.0 cm³/mol. The van der Waals surface area contributed by atoms with E-state index in [0.29, 0.717) is 12.1 Å². The smallest absolute Gasteiger partial charge is 0.327 e. The molecule has 0 aliphatic carbocycles. The molecule has 3 rings (SSSR count). The molecule has 1 amide bonds. The normalized spacial score (nSPS) is 17.3. The van der Waals surface area contributed by atoms with E-state index in [0.717, 1.165) is 5.56 Å². The Hall–Kier alpha value is -2.63. The van der Waals surface area contributed by atoms with Crippen LogP contribution in [0.3, 0.4) is 0 Å². The van der Waals surface area contributed by atoms with Gasteiger partial charge in [-0.3, -0.25) is 9.69 Å². The summed E-state index contributed by atoms with van der Waals surface area (Å²) in [6, 6.07) is 6.35. The minimum atomic E-state index is -1.01. The third-order valence-electron chi connectivity index (χ3n) is 3.21. The van der Waals surface area contributed by atoms with E-state index in [1.807, 2.05) is 12.1 Å². The zero-order valence-electron chi connectivity index (χ0n) is 9.91. The summed E-state index contributed by atoms with van der Waals surface area (Å²) in [7, 11) is 0. The van der Waals surface area contributed by atoms with Gasteiger partial charge < -0.3 is 10.1 Å². The Bertz CT molecular complexity index is 636. The van der Waals surface area contributed by atoms with Crippen LogP contribution in [0.15, 0.2) is 36.8 Å². The van der Waals surface area contributed by atoms with Gasteiger partial charge in [0.15, 0.2) is 0 Å². The Morgan fingerprint density at radius 3 is 2.84 bits per heavy atom. The number of benzene rings is 1. The molecular formula is C13H11N3O3. The van der Waals surface area contributed by atoms with E-state index in [1.54, 1.807) is 12.1 Å². The number of aliphatic carboxylic acids is 1. The lowest BCUT2D eigenvalue weighted by Gasteiger charge is -2.21. The molecule has 1 aromatic carbocycles. The molecule has 19 heavy (non-hydrogen) atoms. The van der Waals surface area contributed by atoms with E-state index in [9.17, 15) is 14.7 Å². The van der Waals surface area contributed by atoms with Crippen molar-refractivity contribution in [3.63, 3.8) is 0 Å². The highest BCUT2D eigenvalue weighted by molar-refractivity contribution is 6.09. The first-order valence-corrected chi connectivity index (χ1v) is 5.81. The van der Waals surface area contributed by atoms with Crippen molar-refractivity contribution in [1.29, 1.82) is 0 Å². The molecule has 0 saturated heterocycles. The zero-order valence-corrected chi connectivity index (χ0v) is 9.91. The molecule has 0 bridgehead atoms. The van der Waals surface area contributed by atoms with Crippen molar-refractivity contribution in [1.82, 2.24) is 9.97 Å². The zero-order chi connectivity index (χ0) is 13.4. The van der Waals surface area contributed by atoms with Crippen LogP contribution in [0.2, 0.25) is 0 Å². The fraction of sp³-hybridized carbons (Fsp3) is 0.154. The van der Waals surface area contributed by atoms with E-state index >= 15 is 0 Å². The quantitative estimate of drug-likeness (QED) is 0.842. The van der Waals surface area contributed by atoms with Crippen molar-refractivity contribution in [2.24, 2.45) is 0 Å². The fourth-order valence-electron chi connectivity index (χ4n) is 2.34. The number of fused-ring (bicyclic) bond motifs is 1. The van der Waals surface area contributed by atoms with Gasteiger partial charge >= 0.3 is 5.97 Å². The Morgan fingerprint density at radius 2 is 2.16 bits per heavy atom. The number of nitrogens with one attached hydrogen (secondary N) is 1. The number of carboxylic acids is 1. The molecule has 0 spiro atoms. The highest BCUT2D eigenvalue weighted by Crippen LogP contribution is 2.33. The highest BCUT2D eigenvalue weighted by atomic mass is 16.4. The topological polar surface area (TPSA) is 86.3 Å². The number of hydrogen-bond donors (Lipinski definition) is 2. The molecule has 1 atom stereocenters. The number of carbonyl (C=O) groups excluding carboxylic acids is 1. The molecule has 1 aliphatic heterocycles. The van der Waals surface area contributed by atoms with Gasteiger partial charge in [-0.1, -0.05) is 18.2 Å². The summed E-state index contributed by atoms with van der Waals surface area (Å²) in [6.45, 7) is 0.